The van der Waals surface area contributed by atoms with Gasteiger partial charge in [-0.1, -0.05) is 12.1 Å². The molecule has 0 aliphatic heterocycles. The highest BCUT2D eigenvalue weighted by atomic mass is 16.5. The van der Waals surface area contributed by atoms with Crippen LogP contribution in [-0.2, 0) is 11.3 Å². The van der Waals surface area contributed by atoms with Crippen LogP contribution in [0.15, 0.2) is 83.9 Å². The summed E-state index contributed by atoms with van der Waals surface area (Å²) in [7, 11) is 5.77. The molecule has 42 heavy (non-hydrogen) atoms. The Kier molecular flexibility index (Phi) is 7.96. The molecule has 0 fully saturated rings. The van der Waals surface area contributed by atoms with Crippen LogP contribution >= 0.6 is 0 Å². The Labute approximate surface area is 241 Å². The molecule has 0 saturated heterocycles. The van der Waals surface area contributed by atoms with Crippen molar-refractivity contribution in [3.05, 3.63) is 101 Å². The molecule has 0 atom stereocenters. The van der Waals surface area contributed by atoms with Gasteiger partial charge in [-0.3, -0.25) is 14.3 Å². The molecule has 214 valence electrons. The number of carbonyl (C=O) groups is 1. The molecule has 2 heterocycles. The highest BCUT2D eigenvalue weighted by Crippen LogP contribution is 2.44. The minimum absolute atomic E-state index is 0.000304. The molecule has 3 aromatic carbocycles. The molecule has 2 N–H and O–H groups in total. The van der Waals surface area contributed by atoms with Crippen molar-refractivity contribution in [2.24, 2.45) is 0 Å². The van der Waals surface area contributed by atoms with Gasteiger partial charge in [0.1, 0.15) is 18.1 Å². The van der Waals surface area contributed by atoms with Crippen LogP contribution in [0, 0.1) is 0 Å². The number of fused-ring (bicyclic) bond motifs is 1. The van der Waals surface area contributed by atoms with Gasteiger partial charge in [0, 0.05) is 34.7 Å². The standard InChI is InChI=1S/C32H29N3O7/c1-38-25-16-20(17-26(39-2)30(25)40-3)27-23-6-5-7-24(42-18-19-12-14-34-15-13-19)28(23)31(36)35(29(27)32(37)41-4)22-10-8-21(33)9-11-22/h5-17H,18,33H2,1-4H3. The van der Waals surface area contributed by atoms with E-state index in [1.54, 1.807) is 67.0 Å². The number of hydrogen-bond acceptors (Lipinski definition) is 9. The number of aromatic nitrogens is 2. The molecule has 5 rings (SSSR count). The summed E-state index contributed by atoms with van der Waals surface area (Å²) in [6.45, 7) is 0.196. The first-order valence-electron chi connectivity index (χ1n) is 12.9. The Morgan fingerprint density at radius 1 is 0.857 bits per heavy atom. The number of nitrogens with zero attached hydrogens (tertiary/aromatic N) is 2. The molecule has 0 bridgehead atoms. The van der Waals surface area contributed by atoms with Crippen LogP contribution in [0.5, 0.6) is 23.0 Å². The zero-order valence-electron chi connectivity index (χ0n) is 23.5. The first-order valence-corrected chi connectivity index (χ1v) is 12.9. The summed E-state index contributed by atoms with van der Waals surface area (Å²) in [6, 6.07) is 18.9. The maximum absolute atomic E-state index is 14.4. The second-order valence-corrected chi connectivity index (χ2v) is 9.18. The molecule has 0 saturated carbocycles. The van der Waals surface area contributed by atoms with Gasteiger partial charge >= 0.3 is 5.97 Å². The molecule has 10 heteroatoms. The predicted molar refractivity (Wildman–Crippen MR) is 159 cm³/mol. The first-order chi connectivity index (χ1) is 20.4. The van der Waals surface area contributed by atoms with Gasteiger partial charge in [-0.15, -0.1) is 0 Å². The molecule has 0 aliphatic carbocycles. The molecule has 0 amide bonds. The van der Waals surface area contributed by atoms with Crippen LogP contribution < -0.4 is 30.2 Å². The predicted octanol–water partition coefficient (Wildman–Crippen LogP) is 5.03. The lowest BCUT2D eigenvalue weighted by atomic mass is 9.95. The van der Waals surface area contributed by atoms with E-state index in [2.05, 4.69) is 4.98 Å². The number of anilines is 1. The van der Waals surface area contributed by atoms with Gasteiger partial charge in [-0.25, -0.2) is 4.79 Å². The Morgan fingerprint density at radius 2 is 1.52 bits per heavy atom. The molecular formula is C32H29N3O7. The number of hydrogen-bond donors (Lipinski definition) is 1. The quantitative estimate of drug-likeness (QED) is 0.193. The molecule has 0 spiro atoms. The number of carbonyl (C=O) groups excluding carboxylic acids is 1. The third kappa shape index (κ3) is 5.05. The number of pyridine rings is 2. The fourth-order valence-corrected chi connectivity index (χ4v) is 4.85. The van der Waals surface area contributed by atoms with Gasteiger partial charge in [0.05, 0.1) is 33.8 Å². The SMILES string of the molecule is COC(=O)c1c(-c2cc(OC)c(OC)c(OC)c2)c2cccc(OCc3ccncc3)c2c(=O)n1-c1ccc(N)cc1. The third-order valence-electron chi connectivity index (χ3n) is 6.80. The van der Waals surface area contributed by atoms with Crippen molar-refractivity contribution < 1.29 is 28.5 Å². The Bertz CT molecular complexity index is 1790. The van der Waals surface area contributed by atoms with E-state index in [0.717, 1.165) is 5.56 Å². The summed E-state index contributed by atoms with van der Waals surface area (Å²) in [6.07, 6.45) is 3.34. The molecule has 0 aliphatic rings. The summed E-state index contributed by atoms with van der Waals surface area (Å²) >= 11 is 0. The Hall–Kier alpha value is -5.51. The number of ether oxygens (including phenoxy) is 5. The Morgan fingerprint density at radius 3 is 2.12 bits per heavy atom. The van der Waals surface area contributed by atoms with Gasteiger partial charge in [-0.05, 0) is 65.7 Å². The smallest absolute Gasteiger partial charge is 0.355 e. The van der Waals surface area contributed by atoms with Crippen LogP contribution in [0.25, 0.3) is 27.6 Å². The van der Waals surface area contributed by atoms with Crippen molar-refractivity contribution in [2.75, 3.05) is 34.2 Å². The second-order valence-electron chi connectivity index (χ2n) is 9.18. The molecule has 0 unspecified atom stereocenters. The normalized spacial score (nSPS) is 10.8. The number of nitrogens with two attached hydrogens (primary N) is 1. The van der Waals surface area contributed by atoms with Crippen molar-refractivity contribution in [3.8, 4) is 39.8 Å². The average Bonchev–Trinajstić information content (AvgIpc) is 3.03. The van der Waals surface area contributed by atoms with E-state index in [-0.39, 0.29) is 17.7 Å². The van der Waals surface area contributed by atoms with Gasteiger partial charge in [-0.2, -0.15) is 0 Å². The van der Waals surface area contributed by atoms with Gasteiger partial charge < -0.3 is 29.4 Å². The van der Waals surface area contributed by atoms with E-state index in [4.69, 9.17) is 29.4 Å². The molecule has 10 nitrogen and oxygen atoms in total. The lowest BCUT2D eigenvalue weighted by Gasteiger charge is -2.21. The maximum atomic E-state index is 14.4. The van der Waals surface area contributed by atoms with E-state index in [1.165, 1.54) is 33.0 Å². The van der Waals surface area contributed by atoms with E-state index < -0.39 is 11.5 Å². The summed E-state index contributed by atoms with van der Waals surface area (Å²) in [5.74, 6) is 0.722. The summed E-state index contributed by atoms with van der Waals surface area (Å²) < 4.78 is 29.5. The number of benzene rings is 3. The second kappa shape index (κ2) is 11.9. The van der Waals surface area contributed by atoms with Crippen LogP contribution in [0.3, 0.4) is 0 Å². The van der Waals surface area contributed by atoms with E-state index in [9.17, 15) is 9.59 Å². The Balaban J connectivity index is 1.91. The molecule has 5 aromatic rings. The van der Waals surface area contributed by atoms with Crippen molar-refractivity contribution in [3.63, 3.8) is 0 Å². The highest BCUT2D eigenvalue weighted by Gasteiger charge is 2.28. The summed E-state index contributed by atoms with van der Waals surface area (Å²) in [5.41, 5.74) is 8.18. The van der Waals surface area contributed by atoms with E-state index in [1.807, 2.05) is 12.1 Å². The number of esters is 1. The topological polar surface area (TPSA) is 124 Å². The first kappa shape index (κ1) is 28.0. The molecule has 2 aromatic heterocycles. The lowest BCUT2D eigenvalue weighted by Crippen LogP contribution is -2.27. The molecule has 0 radical (unpaired) electrons. The van der Waals surface area contributed by atoms with Crippen LogP contribution in [-0.4, -0.2) is 44.0 Å². The highest BCUT2D eigenvalue weighted by molar-refractivity contribution is 6.09. The number of rotatable bonds is 9. The van der Waals surface area contributed by atoms with Crippen LogP contribution in [0.1, 0.15) is 16.1 Å². The monoisotopic (exact) mass is 567 g/mol. The van der Waals surface area contributed by atoms with Crippen molar-refractivity contribution in [1.82, 2.24) is 9.55 Å². The summed E-state index contributed by atoms with van der Waals surface area (Å²) in [5, 5.41) is 0.730. The number of nitrogen functional groups attached to an aromatic ring is 1. The largest absolute Gasteiger partial charge is 0.493 e. The summed E-state index contributed by atoms with van der Waals surface area (Å²) in [4.78, 5) is 32.0. The maximum Gasteiger partial charge on any atom is 0.355 e. The third-order valence-corrected chi connectivity index (χ3v) is 6.80. The fourth-order valence-electron chi connectivity index (χ4n) is 4.85. The van der Waals surface area contributed by atoms with Crippen LogP contribution in [0.2, 0.25) is 0 Å². The van der Waals surface area contributed by atoms with Crippen molar-refractivity contribution >= 4 is 22.4 Å². The van der Waals surface area contributed by atoms with Gasteiger partial charge in [0.25, 0.3) is 5.56 Å². The van der Waals surface area contributed by atoms with Gasteiger partial charge in [0.2, 0.25) is 5.75 Å². The van der Waals surface area contributed by atoms with Crippen LogP contribution in [0.4, 0.5) is 5.69 Å². The lowest BCUT2D eigenvalue weighted by molar-refractivity contribution is 0.0591. The van der Waals surface area contributed by atoms with E-state index >= 15 is 0 Å². The average molecular weight is 568 g/mol. The van der Waals surface area contributed by atoms with Crippen molar-refractivity contribution in [2.45, 2.75) is 6.61 Å². The van der Waals surface area contributed by atoms with Crippen molar-refractivity contribution in [1.29, 1.82) is 0 Å². The molecular weight excluding hydrogens is 538 g/mol. The minimum Gasteiger partial charge on any atom is -0.493 e. The minimum atomic E-state index is -0.724. The van der Waals surface area contributed by atoms with Gasteiger partial charge in [0.15, 0.2) is 11.5 Å². The zero-order valence-corrected chi connectivity index (χ0v) is 23.5. The zero-order chi connectivity index (χ0) is 29.8. The van der Waals surface area contributed by atoms with E-state index in [0.29, 0.717) is 50.9 Å². The number of methoxy groups -OCH3 is 4. The fraction of sp³-hybridized carbons (Fsp3) is 0.156.